The molecule has 0 aliphatic carbocycles. The smallest absolute Gasteiger partial charge is 0.225 e. The van der Waals surface area contributed by atoms with Crippen molar-refractivity contribution in [3.8, 4) is 17.3 Å². The van der Waals surface area contributed by atoms with E-state index in [1.54, 1.807) is 25.6 Å². The first-order valence-corrected chi connectivity index (χ1v) is 11.4. The van der Waals surface area contributed by atoms with Crippen molar-refractivity contribution in [2.75, 3.05) is 25.9 Å². The fraction of sp³-hybridized carbons (Fsp3) is 0.273. The van der Waals surface area contributed by atoms with Crippen molar-refractivity contribution < 1.29 is 9.15 Å². The van der Waals surface area contributed by atoms with Gasteiger partial charge in [-0.25, -0.2) is 9.67 Å². The summed E-state index contributed by atoms with van der Waals surface area (Å²) in [5, 5.41) is 9.81. The molecule has 0 saturated carbocycles. The minimum atomic E-state index is 0.257. The summed E-state index contributed by atoms with van der Waals surface area (Å²) in [4.78, 5) is 11.6. The Morgan fingerprint density at radius 2 is 2.09 bits per heavy atom. The first kappa shape index (κ1) is 20.2. The normalized spacial score (nSPS) is 14.2. The number of anilines is 1. The number of fused-ring (bicyclic) bond motifs is 4. The monoisotopic (exact) mass is 508 g/mol. The molecule has 0 spiro atoms. The molecule has 0 fully saturated rings. The standard InChI is InChI=1S/C22H21BrN8O2/c1-32-16-5-4-13-6-7-29(12-15(13)18(16)23)8-9-30-20-14(11-25-30)21-26-19(17-3-2-10-33-17)28-31(21)22(24)27-20/h2-5,10-11H,6-9,12H2,1H3,(H2,24,27). The molecule has 0 bridgehead atoms. The van der Waals surface area contributed by atoms with Crippen LogP contribution < -0.4 is 10.5 Å². The fourth-order valence-electron chi connectivity index (χ4n) is 4.34. The number of ether oxygens (including phenoxy) is 1. The summed E-state index contributed by atoms with van der Waals surface area (Å²) in [7, 11) is 1.69. The Morgan fingerprint density at radius 1 is 1.18 bits per heavy atom. The van der Waals surface area contributed by atoms with Crippen molar-refractivity contribution in [3.63, 3.8) is 0 Å². The first-order chi connectivity index (χ1) is 16.1. The number of methoxy groups -OCH3 is 1. The van der Waals surface area contributed by atoms with E-state index in [2.05, 4.69) is 47.1 Å². The van der Waals surface area contributed by atoms with Crippen molar-refractivity contribution in [1.82, 2.24) is 34.3 Å². The Morgan fingerprint density at radius 3 is 2.91 bits per heavy atom. The second-order valence-corrected chi connectivity index (χ2v) is 8.76. The number of nitrogens with zero attached hydrogens (tertiary/aromatic N) is 7. The quantitative estimate of drug-likeness (QED) is 0.385. The van der Waals surface area contributed by atoms with Gasteiger partial charge < -0.3 is 14.9 Å². The molecule has 168 valence electrons. The second kappa shape index (κ2) is 7.85. The van der Waals surface area contributed by atoms with E-state index in [0.29, 0.717) is 29.4 Å². The number of rotatable bonds is 5. The van der Waals surface area contributed by atoms with Gasteiger partial charge in [0.25, 0.3) is 0 Å². The van der Waals surface area contributed by atoms with Gasteiger partial charge in [0.15, 0.2) is 17.1 Å². The number of furan rings is 1. The summed E-state index contributed by atoms with van der Waals surface area (Å²) in [6.07, 6.45) is 4.35. The Hall–Kier alpha value is -3.44. The molecule has 0 radical (unpaired) electrons. The van der Waals surface area contributed by atoms with Gasteiger partial charge in [-0.1, -0.05) is 6.07 Å². The summed E-state index contributed by atoms with van der Waals surface area (Å²) in [6, 6.07) is 7.78. The lowest BCUT2D eigenvalue weighted by Gasteiger charge is -2.30. The van der Waals surface area contributed by atoms with Gasteiger partial charge in [0, 0.05) is 19.6 Å². The number of hydrogen-bond donors (Lipinski definition) is 1. The Balaban J connectivity index is 1.27. The van der Waals surface area contributed by atoms with Gasteiger partial charge in [-0.3, -0.25) is 4.90 Å². The highest BCUT2D eigenvalue weighted by molar-refractivity contribution is 9.10. The Bertz CT molecular complexity index is 1470. The highest BCUT2D eigenvalue weighted by Gasteiger charge is 2.22. The summed E-state index contributed by atoms with van der Waals surface area (Å²) in [5.74, 6) is 2.15. The molecule has 11 heteroatoms. The number of aromatic nitrogens is 6. The third kappa shape index (κ3) is 3.35. The van der Waals surface area contributed by atoms with Crippen LogP contribution in [0.15, 0.2) is 45.6 Å². The molecular formula is C22H21BrN8O2. The van der Waals surface area contributed by atoms with Gasteiger partial charge in [-0.05, 0) is 51.7 Å². The largest absolute Gasteiger partial charge is 0.496 e. The zero-order valence-electron chi connectivity index (χ0n) is 17.9. The topological polar surface area (TPSA) is 113 Å². The van der Waals surface area contributed by atoms with Crippen molar-refractivity contribution >= 4 is 38.6 Å². The molecule has 0 atom stereocenters. The number of benzene rings is 1. The van der Waals surface area contributed by atoms with E-state index in [4.69, 9.17) is 14.9 Å². The number of nitrogens with two attached hydrogens (primary N) is 1. The van der Waals surface area contributed by atoms with E-state index in [1.165, 1.54) is 15.6 Å². The zero-order chi connectivity index (χ0) is 22.5. The molecule has 5 aromatic rings. The number of halogens is 1. The molecule has 33 heavy (non-hydrogen) atoms. The van der Waals surface area contributed by atoms with E-state index in [9.17, 15) is 0 Å². The van der Waals surface area contributed by atoms with E-state index >= 15 is 0 Å². The molecule has 4 aromatic heterocycles. The molecule has 10 nitrogen and oxygen atoms in total. The van der Waals surface area contributed by atoms with Crippen molar-refractivity contribution in [2.24, 2.45) is 0 Å². The third-order valence-electron chi connectivity index (χ3n) is 6.07. The van der Waals surface area contributed by atoms with Gasteiger partial charge in [0.2, 0.25) is 11.8 Å². The molecule has 0 saturated heterocycles. The van der Waals surface area contributed by atoms with Crippen LogP contribution in [0, 0.1) is 0 Å². The van der Waals surface area contributed by atoms with E-state index in [-0.39, 0.29) is 5.95 Å². The van der Waals surface area contributed by atoms with Crippen LogP contribution >= 0.6 is 15.9 Å². The predicted molar refractivity (Wildman–Crippen MR) is 126 cm³/mol. The maximum atomic E-state index is 6.20. The minimum Gasteiger partial charge on any atom is -0.496 e. The van der Waals surface area contributed by atoms with Crippen LogP contribution in [0.4, 0.5) is 5.95 Å². The van der Waals surface area contributed by atoms with Gasteiger partial charge in [-0.2, -0.15) is 14.6 Å². The average Bonchev–Trinajstić information content (AvgIpc) is 3.57. The van der Waals surface area contributed by atoms with Crippen LogP contribution in [0.25, 0.3) is 28.3 Å². The summed E-state index contributed by atoms with van der Waals surface area (Å²) in [5.41, 5.74) is 10.1. The average molecular weight is 509 g/mol. The molecular weight excluding hydrogens is 488 g/mol. The summed E-state index contributed by atoms with van der Waals surface area (Å²) in [6.45, 7) is 3.35. The van der Waals surface area contributed by atoms with E-state index < -0.39 is 0 Å². The number of nitrogen functional groups attached to an aromatic ring is 1. The Kier molecular flexibility index (Phi) is 4.80. The highest BCUT2D eigenvalue weighted by Crippen LogP contribution is 2.34. The first-order valence-electron chi connectivity index (χ1n) is 10.6. The molecule has 1 aromatic carbocycles. The van der Waals surface area contributed by atoms with Crippen molar-refractivity contribution in [2.45, 2.75) is 19.5 Å². The molecule has 5 heterocycles. The number of hydrogen-bond acceptors (Lipinski definition) is 8. The SMILES string of the molecule is COc1ccc2c(c1Br)CN(CCn1ncc3c1nc(N)n1nc(-c4ccco4)nc31)CC2. The second-order valence-electron chi connectivity index (χ2n) is 7.97. The van der Waals surface area contributed by atoms with Gasteiger partial charge in [-0.15, -0.1) is 5.10 Å². The van der Waals surface area contributed by atoms with Crippen LogP contribution in [-0.2, 0) is 19.5 Å². The molecule has 0 unspecified atom stereocenters. The van der Waals surface area contributed by atoms with Crippen molar-refractivity contribution in [3.05, 3.63) is 52.3 Å². The van der Waals surface area contributed by atoms with Gasteiger partial charge in [0.05, 0.1) is 36.0 Å². The van der Waals surface area contributed by atoms with E-state index in [0.717, 1.165) is 41.7 Å². The molecule has 1 aliphatic rings. The molecule has 2 N–H and O–H groups in total. The summed E-state index contributed by atoms with van der Waals surface area (Å²) < 4.78 is 15.3. The third-order valence-corrected chi connectivity index (χ3v) is 6.94. The summed E-state index contributed by atoms with van der Waals surface area (Å²) >= 11 is 3.71. The van der Waals surface area contributed by atoms with Crippen molar-refractivity contribution in [1.29, 1.82) is 0 Å². The highest BCUT2D eigenvalue weighted by atomic mass is 79.9. The molecule has 0 amide bonds. The lowest BCUT2D eigenvalue weighted by atomic mass is 9.99. The Labute approximate surface area is 197 Å². The molecule has 6 rings (SSSR count). The fourth-order valence-corrected chi connectivity index (χ4v) is 5.02. The maximum absolute atomic E-state index is 6.20. The van der Waals surface area contributed by atoms with Gasteiger partial charge >= 0.3 is 0 Å². The molecule has 1 aliphatic heterocycles. The van der Waals surface area contributed by atoms with E-state index in [1.807, 2.05) is 16.8 Å². The van der Waals surface area contributed by atoms with Gasteiger partial charge in [0.1, 0.15) is 5.75 Å². The van der Waals surface area contributed by atoms with Crippen LogP contribution in [-0.4, -0.2) is 54.5 Å². The lowest BCUT2D eigenvalue weighted by molar-refractivity contribution is 0.240. The maximum Gasteiger partial charge on any atom is 0.225 e. The predicted octanol–water partition coefficient (Wildman–Crippen LogP) is 3.15. The lowest BCUT2D eigenvalue weighted by Crippen LogP contribution is -2.33. The van der Waals surface area contributed by atoms with Crippen LogP contribution in [0.5, 0.6) is 5.75 Å². The minimum absolute atomic E-state index is 0.257. The van der Waals surface area contributed by atoms with Crippen LogP contribution in [0.3, 0.4) is 0 Å². The van der Waals surface area contributed by atoms with Crippen LogP contribution in [0.2, 0.25) is 0 Å². The zero-order valence-corrected chi connectivity index (χ0v) is 19.5. The van der Waals surface area contributed by atoms with Crippen LogP contribution in [0.1, 0.15) is 11.1 Å².